The number of aliphatic hydroxyl groups excluding tert-OH is 1. The van der Waals surface area contributed by atoms with Crippen LogP contribution in [0.2, 0.25) is 0 Å². The first-order valence-corrected chi connectivity index (χ1v) is 18.4. The number of nitrogens with one attached hydrogen (secondary N) is 1. The van der Waals surface area contributed by atoms with Gasteiger partial charge in [0.15, 0.2) is 0 Å². The van der Waals surface area contributed by atoms with E-state index in [1.807, 2.05) is 0 Å². The van der Waals surface area contributed by atoms with Crippen molar-refractivity contribution in [2.45, 2.75) is 151 Å². The average Bonchev–Trinajstić information content (AvgIpc) is 3.54. The fourth-order valence-electron chi connectivity index (χ4n) is 13.8. The molecule has 244 valence electrons. The highest BCUT2D eigenvalue weighted by Crippen LogP contribution is 2.77. The van der Waals surface area contributed by atoms with Crippen LogP contribution in [-0.4, -0.2) is 47.2 Å². The van der Waals surface area contributed by atoms with Gasteiger partial charge in [-0.05, 0) is 169 Å². The van der Waals surface area contributed by atoms with Crippen molar-refractivity contribution in [3.8, 4) is 0 Å². The van der Waals surface area contributed by atoms with Crippen molar-refractivity contribution in [1.29, 1.82) is 0 Å². The van der Waals surface area contributed by atoms with Gasteiger partial charge >= 0.3 is 0 Å². The maximum atomic E-state index is 14.7. The smallest absolute Gasteiger partial charge is 0.226 e. The van der Waals surface area contributed by atoms with Gasteiger partial charge in [0.25, 0.3) is 0 Å². The SMILES string of the molecule is C=C(C)C[C@@H]1CC[C@]2(C(=O)NC(C)(C)CN3CCCC3)CC[C@]3(C)[C@H](CC[C@@H]4[C@@]5(C)CC[C@H](O)C(C)(C)[C@@H]5CC[C@]43C)[C@@H]12. The van der Waals surface area contributed by atoms with Gasteiger partial charge in [0.05, 0.1) is 11.5 Å². The van der Waals surface area contributed by atoms with Gasteiger partial charge in [-0.1, -0.05) is 40.2 Å². The minimum Gasteiger partial charge on any atom is -0.393 e. The lowest BCUT2D eigenvalue weighted by molar-refractivity contribution is -0.247. The van der Waals surface area contributed by atoms with Gasteiger partial charge in [0.1, 0.15) is 0 Å². The molecule has 6 fully saturated rings. The van der Waals surface area contributed by atoms with Gasteiger partial charge in [0.2, 0.25) is 5.91 Å². The van der Waals surface area contributed by atoms with Gasteiger partial charge in [-0.15, -0.1) is 6.58 Å². The second-order valence-corrected chi connectivity index (χ2v) is 19.0. The molecule has 5 aliphatic carbocycles. The molecule has 0 aromatic carbocycles. The molecule has 1 amide bonds. The van der Waals surface area contributed by atoms with E-state index in [1.165, 1.54) is 76.5 Å². The second-order valence-electron chi connectivity index (χ2n) is 19.0. The van der Waals surface area contributed by atoms with Crippen LogP contribution in [0.15, 0.2) is 12.2 Å². The highest BCUT2D eigenvalue weighted by molar-refractivity contribution is 5.84. The van der Waals surface area contributed by atoms with Crippen LogP contribution in [-0.2, 0) is 4.79 Å². The Labute approximate surface area is 264 Å². The molecule has 0 bridgehead atoms. The van der Waals surface area contributed by atoms with E-state index in [2.05, 4.69) is 72.2 Å². The lowest BCUT2D eigenvalue weighted by Crippen LogP contribution is -2.68. The Morgan fingerprint density at radius 1 is 0.884 bits per heavy atom. The predicted molar refractivity (Wildman–Crippen MR) is 177 cm³/mol. The molecule has 0 aromatic rings. The number of fused-ring (bicyclic) bond motifs is 7. The van der Waals surface area contributed by atoms with E-state index in [0.29, 0.717) is 40.9 Å². The van der Waals surface area contributed by atoms with Crippen LogP contribution in [0.5, 0.6) is 0 Å². The molecule has 5 saturated carbocycles. The van der Waals surface area contributed by atoms with E-state index < -0.39 is 0 Å². The summed E-state index contributed by atoms with van der Waals surface area (Å²) < 4.78 is 0. The lowest BCUT2D eigenvalue weighted by atomic mass is 9.32. The minimum absolute atomic E-state index is 0.00814. The number of carbonyl (C=O) groups excluding carboxylic acids is 1. The third-order valence-corrected chi connectivity index (χ3v) is 15.9. The number of aliphatic hydroxyl groups is 1. The van der Waals surface area contributed by atoms with Gasteiger partial charge in [-0.3, -0.25) is 4.79 Å². The summed E-state index contributed by atoms with van der Waals surface area (Å²) in [7, 11) is 0. The molecule has 10 atom stereocenters. The number of hydrogen-bond acceptors (Lipinski definition) is 3. The van der Waals surface area contributed by atoms with Crippen LogP contribution < -0.4 is 5.32 Å². The fourth-order valence-corrected chi connectivity index (χ4v) is 13.8. The number of carbonyl (C=O) groups is 1. The zero-order valence-corrected chi connectivity index (χ0v) is 29.3. The zero-order valence-electron chi connectivity index (χ0n) is 29.3. The van der Waals surface area contributed by atoms with Crippen LogP contribution in [0.4, 0.5) is 0 Å². The largest absolute Gasteiger partial charge is 0.393 e. The molecule has 6 aliphatic rings. The van der Waals surface area contributed by atoms with E-state index in [4.69, 9.17) is 0 Å². The molecule has 43 heavy (non-hydrogen) atoms. The minimum atomic E-state index is -0.228. The summed E-state index contributed by atoms with van der Waals surface area (Å²) in [6.07, 6.45) is 15.2. The van der Waals surface area contributed by atoms with Crippen molar-refractivity contribution < 1.29 is 9.90 Å². The molecule has 1 saturated heterocycles. The summed E-state index contributed by atoms with van der Waals surface area (Å²) in [5.74, 6) is 3.30. The van der Waals surface area contributed by atoms with E-state index in [1.54, 1.807) is 0 Å². The summed E-state index contributed by atoms with van der Waals surface area (Å²) in [5, 5.41) is 14.8. The number of hydrogen-bond donors (Lipinski definition) is 2. The monoisotopic (exact) mass is 595 g/mol. The molecular weight excluding hydrogens is 528 g/mol. The predicted octanol–water partition coefficient (Wildman–Crippen LogP) is 8.39. The van der Waals surface area contributed by atoms with Gasteiger partial charge < -0.3 is 15.3 Å². The molecular formula is C39H66N2O2. The quantitative estimate of drug-likeness (QED) is 0.304. The maximum Gasteiger partial charge on any atom is 0.226 e. The Morgan fingerprint density at radius 2 is 1.58 bits per heavy atom. The van der Waals surface area contributed by atoms with Gasteiger partial charge in [0, 0.05) is 12.1 Å². The highest BCUT2D eigenvalue weighted by Gasteiger charge is 2.71. The van der Waals surface area contributed by atoms with E-state index in [9.17, 15) is 9.90 Å². The van der Waals surface area contributed by atoms with Crippen molar-refractivity contribution in [2.75, 3.05) is 19.6 Å². The van der Waals surface area contributed by atoms with Crippen molar-refractivity contribution >= 4 is 5.91 Å². The number of rotatable bonds is 6. The Kier molecular flexibility index (Phi) is 7.89. The summed E-state index contributed by atoms with van der Waals surface area (Å²) in [6, 6.07) is 0. The van der Waals surface area contributed by atoms with Crippen molar-refractivity contribution in [3.63, 3.8) is 0 Å². The molecule has 0 aromatic heterocycles. The Morgan fingerprint density at radius 3 is 2.26 bits per heavy atom. The summed E-state index contributed by atoms with van der Waals surface area (Å²) in [6.45, 7) is 27.1. The molecule has 1 aliphatic heterocycles. The van der Waals surface area contributed by atoms with Crippen molar-refractivity contribution in [2.24, 2.45) is 56.7 Å². The normalized spacial score (nSPS) is 47.7. The summed E-state index contributed by atoms with van der Waals surface area (Å²) >= 11 is 0. The topological polar surface area (TPSA) is 52.6 Å². The molecule has 0 unspecified atom stereocenters. The third kappa shape index (κ3) is 4.75. The molecule has 0 spiro atoms. The standard InChI is InChI=1S/C39H66N2O2/c1-26(2)24-27-14-19-39(33(43)40-34(3,4)25-41-22-10-11-23-41)21-20-37(8)28(32(27)39)12-13-30-36(7)17-16-31(42)35(5,6)29(36)15-18-38(30,37)9/h27-32,42H,1,10-25H2,2-9H3,(H,40,43)/t27-,28+,29-,30+,31-,32+,36-,37+,38+,39-/m0/s1. The molecule has 4 nitrogen and oxygen atoms in total. The first-order chi connectivity index (χ1) is 20.0. The Balaban J connectivity index is 1.32. The van der Waals surface area contributed by atoms with Crippen LogP contribution in [0.3, 0.4) is 0 Å². The second kappa shape index (κ2) is 10.6. The van der Waals surface area contributed by atoms with Crippen LogP contribution in [0.1, 0.15) is 139 Å². The third-order valence-electron chi connectivity index (χ3n) is 15.9. The first kappa shape index (κ1) is 32.1. The van der Waals surface area contributed by atoms with Gasteiger partial charge in [-0.2, -0.15) is 0 Å². The lowest BCUT2D eigenvalue weighted by Gasteiger charge is -2.72. The van der Waals surface area contributed by atoms with Crippen molar-refractivity contribution in [3.05, 3.63) is 12.2 Å². The van der Waals surface area contributed by atoms with Crippen LogP contribution >= 0.6 is 0 Å². The van der Waals surface area contributed by atoms with Crippen molar-refractivity contribution in [1.82, 2.24) is 10.2 Å². The first-order valence-electron chi connectivity index (χ1n) is 18.4. The van der Waals surface area contributed by atoms with Crippen LogP contribution in [0, 0.1) is 56.7 Å². The molecule has 2 N–H and O–H groups in total. The maximum absolute atomic E-state index is 14.7. The van der Waals surface area contributed by atoms with Gasteiger partial charge in [-0.25, -0.2) is 0 Å². The molecule has 4 heteroatoms. The van der Waals surface area contributed by atoms with E-state index in [-0.39, 0.29) is 33.3 Å². The summed E-state index contributed by atoms with van der Waals surface area (Å²) in [4.78, 5) is 17.3. The number of allylic oxidation sites excluding steroid dienone is 1. The van der Waals surface area contributed by atoms with E-state index >= 15 is 0 Å². The Bertz CT molecular complexity index is 1110. The average molecular weight is 595 g/mol. The van der Waals surface area contributed by atoms with Crippen LogP contribution in [0.25, 0.3) is 0 Å². The molecule has 1 heterocycles. The fraction of sp³-hybridized carbons (Fsp3) is 0.923. The van der Waals surface area contributed by atoms with E-state index in [0.717, 1.165) is 32.2 Å². The Hall–Kier alpha value is -0.870. The summed E-state index contributed by atoms with van der Waals surface area (Å²) in [5.41, 5.74) is 1.68. The molecule has 6 rings (SSSR count). The number of amides is 1. The number of nitrogens with zero attached hydrogens (tertiary/aromatic N) is 1. The number of likely N-dealkylation sites (tertiary alicyclic amines) is 1. The molecule has 0 radical (unpaired) electrons. The highest BCUT2D eigenvalue weighted by atomic mass is 16.3. The zero-order chi connectivity index (χ0) is 31.2.